The molecule has 0 saturated carbocycles. The van der Waals surface area contributed by atoms with Gasteiger partial charge in [0.05, 0.1) is 5.56 Å². The van der Waals surface area contributed by atoms with Gasteiger partial charge in [-0.1, -0.05) is 44.0 Å². The molecule has 0 saturated heterocycles. The molecule has 0 unspecified atom stereocenters. The molecule has 0 amide bonds. The molecule has 250 valence electrons. The molecule has 5 aromatic carbocycles. The van der Waals surface area contributed by atoms with Crippen LogP contribution in [0.25, 0.3) is 33.4 Å². The smallest absolute Gasteiger partial charge is 0.429 e. The number of hydrogen-bond acceptors (Lipinski definition) is 1. The minimum absolute atomic E-state index is 0.0178. The van der Waals surface area contributed by atoms with Gasteiger partial charge in [0.15, 0.2) is 17.5 Å². The van der Waals surface area contributed by atoms with Crippen LogP contribution in [0.3, 0.4) is 0 Å². The van der Waals surface area contributed by atoms with Crippen molar-refractivity contribution in [3.05, 3.63) is 136 Å². The number of halogens is 11. The zero-order valence-electron chi connectivity index (χ0n) is 24.8. The van der Waals surface area contributed by atoms with Gasteiger partial charge in [0.25, 0.3) is 0 Å². The minimum Gasteiger partial charge on any atom is -0.429 e. The molecule has 0 N–H and O–H groups in total. The first-order valence-electron chi connectivity index (χ1n) is 14.5. The molecular weight excluding hydrogens is 657 g/mol. The molecule has 0 aliphatic heterocycles. The van der Waals surface area contributed by atoms with Crippen LogP contribution in [-0.2, 0) is 12.5 Å². The summed E-state index contributed by atoms with van der Waals surface area (Å²) in [7, 11) is 0. The molecule has 12 heteroatoms. The van der Waals surface area contributed by atoms with E-state index in [4.69, 9.17) is 0 Å². The average molecular weight is 681 g/mol. The van der Waals surface area contributed by atoms with Crippen molar-refractivity contribution >= 4 is 0 Å². The summed E-state index contributed by atoms with van der Waals surface area (Å²) in [5.41, 5.74) is -3.57. The number of aryl methyl sites for hydroxylation is 1. The molecule has 0 heterocycles. The lowest BCUT2D eigenvalue weighted by Crippen LogP contribution is -2.25. The van der Waals surface area contributed by atoms with Crippen LogP contribution in [0.4, 0.5) is 48.3 Å². The number of hydrogen-bond donors (Lipinski definition) is 0. The lowest BCUT2D eigenvalue weighted by Gasteiger charge is -2.20. The number of alkyl halides is 2. The molecule has 0 bridgehead atoms. The summed E-state index contributed by atoms with van der Waals surface area (Å²) < 4.78 is 164. The van der Waals surface area contributed by atoms with Crippen molar-refractivity contribution in [3.63, 3.8) is 0 Å². The van der Waals surface area contributed by atoms with Crippen LogP contribution in [0, 0.1) is 52.4 Å². The summed E-state index contributed by atoms with van der Waals surface area (Å²) in [6.07, 6.45) is -1.37. The van der Waals surface area contributed by atoms with Crippen molar-refractivity contribution in [1.29, 1.82) is 0 Å². The zero-order valence-corrected chi connectivity index (χ0v) is 24.8. The normalized spacial score (nSPS) is 11.7. The third-order valence-electron chi connectivity index (χ3n) is 7.56. The summed E-state index contributed by atoms with van der Waals surface area (Å²) in [6.45, 7) is 2.04. The van der Waals surface area contributed by atoms with Crippen molar-refractivity contribution in [3.8, 4) is 39.1 Å². The van der Waals surface area contributed by atoms with E-state index in [1.54, 1.807) is 6.07 Å². The van der Waals surface area contributed by atoms with Gasteiger partial charge in [-0.25, -0.2) is 39.5 Å². The zero-order chi connectivity index (χ0) is 34.9. The van der Waals surface area contributed by atoms with Crippen molar-refractivity contribution in [1.82, 2.24) is 0 Å². The van der Waals surface area contributed by atoms with Crippen LogP contribution in [0.15, 0.2) is 72.8 Å². The van der Waals surface area contributed by atoms with Gasteiger partial charge in [0.1, 0.15) is 46.2 Å². The standard InChI is InChI=1S/C36H23F11O/c1-2-3-4-5-18-6-8-23(25(37)10-18)19-7-9-24(26(38)11-19)20-12-27(39)33(28(40)13-20)21-14-29(41)34(30(42)15-21)36(46,47)48-22-16-31(43)35(45)32(44)17-22/h6-17H,2-5H2,1H3. The van der Waals surface area contributed by atoms with E-state index in [9.17, 15) is 35.1 Å². The number of ether oxygens (including phenoxy) is 1. The minimum atomic E-state index is -4.92. The largest absolute Gasteiger partial charge is 0.432 e. The maximum atomic E-state index is 15.2. The van der Waals surface area contributed by atoms with E-state index in [0.717, 1.165) is 30.9 Å². The van der Waals surface area contributed by atoms with Crippen molar-refractivity contribution in [2.75, 3.05) is 0 Å². The molecule has 5 rings (SSSR count). The Morgan fingerprint density at radius 3 is 1.60 bits per heavy atom. The third kappa shape index (κ3) is 7.02. The van der Waals surface area contributed by atoms with E-state index >= 15 is 13.2 Å². The molecule has 0 fully saturated rings. The Kier molecular flexibility index (Phi) is 9.84. The first kappa shape index (κ1) is 34.5. The highest BCUT2D eigenvalue weighted by Crippen LogP contribution is 2.40. The predicted molar refractivity (Wildman–Crippen MR) is 157 cm³/mol. The molecule has 48 heavy (non-hydrogen) atoms. The van der Waals surface area contributed by atoms with Crippen molar-refractivity contribution in [2.24, 2.45) is 0 Å². The van der Waals surface area contributed by atoms with Crippen LogP contribution in [-0.4, -0.2) is 0 Å². The van der Waals surface area contributed by atoms with E-state index in [1.165, 1.54) is 24.3 Å². The Morgan fingerprint density at radius 2 is 1.04 bits per heavy atom. The van der Waals surface area contributed by atoms with Crippen LogP contribution < -0.4 is 4.74 Å². The highest BCUT2D eigenvalue weighted by molar-refractivity contribution is 5.75. The Bertz CT molecular complexity index is 1940. The average Bonchev–Trinajstić information content (AvgIpc) is 2.99. The molecule has 0 aliphatic rings. The molecule has 0 aliphatic carbocycles. The van der Waals surface area contributed by atoms with Gasteiger partial charge in [-0.2, -0.15) is 8.78 Å². The Balaban J connectivity index is 1.42. The van der Waals surface area contributed by atoms with Gasteiger partial charge in [-0.3, -0.25) is 0 Å². The number of rotatable bonds is 10. The number of unbranched alkanes of at least 4 members (excludes halogenated alkanes) is 2. The summed E-state index contributed by atoms with van der Waals surface area (Å²) in [6, 6.07) is 9.77. The Labute approximate surface area is 267 Å². The van der Waals surface area contributed by atoms with E-state index in [-0.39, 0.29) is 46.5 Å². The van der Waals surface area contributed by atoms with E-state index in [1.807, 2.05) is 6.92 Å². The maximum Gasteiger partial charge on any atom is 0.432 e. The van der Waals surface area contributed by atoms with Crippen LogP contribution in [0.5, 0.6) is 5.75 Å². The first-order chi connectivity index (χ1) is 22.7. The first-order valence-corrected chi connectivity index (χ1v) is 14.5. The van der Waals surface area contributed by atoms with Crippen LogP contribution in [0.1, 0.15) is 37.3 Å². The Morgan fingerprint density at radius 1 is 0.521 bits per heavy atom. The molecule has 0 radical (unpaired) electrons. The molecule has 0 aromatic heterocycles. The van der Waals surface area contributed by atoms with E-state index in [2.05, 4.69) is 4.74 Å². The molecule has 5 aromatic rings. The van der Waals surface area contributed by atoms with Gasteiger partial charge >= 0.3 is 6.11 Å². The highest BCUT2D eigenvalue weighted by Gasteiger charge is 2.42. The number of benzene rings is 5. The van der Waals surface area contributed by atoms with Crippen molar-refractivity contribution in [2.45, 2.75) is 38.7 Å². The van der Waals surface area contributed by atoms with E-state index < -0.39 is 80.9 Å². The van der Waals surface area contributed by atoms with Gasteiger partial charge in [-0.05, 0) is 71.5 Å². The fourth-order valence-corrected chi connectivity index (χ4v) is 5.23. The topological polar surface area (TPSA) is 9.23 Å². The second-order valence-corrected chi connectivity index (χ2v) is 10.9. The third-order valence-corrected chi connectivity index (χ3v) is 7.56. The molecule has 1 nitrogen and oxygen atoms in total. The van der Waals surface area contributed by atoms with Gasteiger partial charge in [0, 0.05) is 23.3 Å². The van der Waals surface area contributed by atoms with Crippen molar-refractivity contribution < 1.29 is 53.0 Å². The van der Waals surface area contributed by atoms with Gasteiger partial charge < -0.3 is 4.74 Å². The fourth-order valence-electron chi connectivity index (χ4n) is 5.23. The quantitative estimate of drug-likeness (QED) is 0.0811. The summed E-state index contributed by atoms with van der Waals surface area (Å²) in [5.74, 6) is -15.7. The maximum absolute atomic E-state index is 15.2. The van der Waals surface area contributed by atoms with Crippen LogP contribution >= 0.6 is 0 Å². The predicted octanol–water partition coefficient (Wildman–Crippen LogP) is 11.8. The lowest BCUT2D eigenvalue weighted by atomic mass is 9.95. The highest BCUT2D eigenvalue weighted by atomic mass is 19.3. The van der Waals surface area contributed by atoms with Crippen LogP contribution in [0.2, 0.25) is 0 Å². The monoisotopic (exact) mass is 680 g/mol. The second kappa shape index (κ2) is 13.7. The second-order valence-electron chi connectivity index (χ2n) is 10.9. The summed E-state index contributed by atoms with van der Waals surface area (Å²) in [4.78, 5) is 0. The van der Waals surface area contributed by atoms with Gasteiger partial charge in [-0.15, -0.1) is 0 Å². The Hall–Kier alpha value is -4.87. The SMILES string of the molecule is CCCCCc1ccc(-c2ccc(-c3cc(F)c(-c4cc(F)c(C(F)(F)Oc5cc(F)c(F)c(F)c5)c(F)c4)c(F)c3)c(F)c2)c(F)c1. The summed E-state index contributed by atoms with van der Waals surface area (Å²) in [5, 5.41) is 0. The van der Waals surface area contributed by atoms with Gasteiger partial charge in [0.2, 0.25) is 0 Å². The van der Waals surface area contributed by atoms with E-state index in [0.29, 0.717) is 18.6 Å². The fraction of sp³-hybridized carbons (Fsp3) is 0.167. The molecule has 0 spiro atoms. The molecule has 0 atom stereocenters. The lowest BCUT2D eigenvalue weighted by molar-refractivity contribution is -0.189. The molecular formula is C36H23F11O. The summed E-state index contributed by atoms with van der Waals surface area (Å²) >= 11 is 0.